The highest BCUT2D eigenvalue weighted by molar-refractivity contribution is 6.04. The Kier molecular flexibility index (Phi) is 5.64. The summed E-state index contributed by atoms with van der Waals surface area (Å²) in [6.07, 6.45) is 7.37. The molecule has 7 rings (SSSR count). The van der Waals surface area contributed by atoms with Crippen molar-refractivity contribution in [1.82, 2.24) is 39.0 Å². The summed E-state index contributed by atoms with van der Waals surface area (Å²) in [4.78, 5) is 37.4. The lowest BCUT2D eigenvalue weighted by molar-refractivity contribution is -0.0299. The second kappa shape index (κ2) is 8.98. The number of carboxylic acid groups (broad SMARTS) is 1. The van der Waals surface area contributed by atoms with Crippen molar-refractivity contribution < 1.29 is 9.90 Å². The number of aromatic nitrogens is 7. The smallest absolute Gasteiger partial charge is 0.408 e. The summed E-state index contributed by atoms with van der Waals surface area (Å²) in [6, 6.07) is 9.77. The van der Waals surface area contributed by atoms with Crippen LogP contribution in [0.5, 0.6) is 0 Å². The van der Waals surface area contributed by atoms with Crippen molar-refractivity contribution in [3.05, 3.63) is 59.4 Å². The summed E-state index contributed by atoms with van der Waals surface area (Å²) >= 11 is 0. The van der Waals surface area contributed by atoms with Crippen LogP contribution in [-0.4, -0.2) is 61.8 Å². The molecule has 5 aromatic rings. The van der Waals surface area contributed by atoms with Crippen LogP contribution in [0.4, 0.5) is 4.79 Å². The largest absolute Gasteiger partial charge is 0.465 e. The van der Waals surface area contributed by atoms with Crippen LogP contribution in [0.2, 0.25) is 0 Å². The van der Waals surface area contributed by atoms with Gasteiger partial charge in [0.2, 0.25) is 0 Å². The van der Waals surface area contributed by atoms with Crippen molar-refractivity contribution in [2.45, 2.75) is 64.1 Å². The van der Waals surface area contributed by atoms with Crippen molar-refractivity contribution in [2.75, 3.05) is 0 Å². The molecular formula is C31H34N8O3. The molecule has 6 heterocycles. The van der Waals surface area contributed by atoms with Crippen LogP contribution >= 0.6 is 0 Å². The highest BCUT2D eigenvalue weighted by Crippen LogP contribution is 2.56. The first kappa shape index (κ1) is 26.4. The molecular weight excluding hydrogens is 532 g/mol. The number of benzene rings is 1. The molecule has 42 heavy (non-hydrogen) atoms. The van der Waals surface area contributed by atoms with E-state index in [1.165, 1.54) is 0 Å². The van der Waals surface area contributed by atoms with E-state index < -0.39 is 11.6 Å². The molecule has 2 saturated heterocycles. The minimum Gasteiger partial charge on any atom is -0.465 e. The van der Waals surface area contributed by atoms with Crippen LogP contribution in [0.3, 0.4) is 0 Å². The molecule has 0 spiro atoms. The van der Waals surface area contributed by atoms with Crippen LogP contribution < -0.4 is 5.69 Å². The van der Waals surface area contributed by atoms with E-state index in [0.717, 1.165) is 51.6 Å². The molecule has 3 atom stereocenters. The first-order valence-electron chi connectivity index (χ1n) is 14.3. The van der Waals surface area contributed by atoms with Gasteiger partial charge < -0.3 is 5.11 Å². The molecule has 0 saturated carbocycles. The molecule has 1 aromatic carbocycles. The number of carbonyl (C=O) groups is 1. The second-order valence-electron chi connectivity index (χ2n) is 12.9. The molecule has 1 N–H and O–H groups in total. The molecule has 0 aliphatic carbocycles. The molecule has 216 valence electrons. The zero-order chi connectivity index (χ0) is 29.6. The summed E-state index contributed by atoms with van der Waals surface area (Å²) in [5, 5.41) is 19.3. The third-order valence-corrected chi connectivity index (χ3v) is 9.68. The first-order chi connectivity index (χ1) is 20.0. The fraction of sp³-hybridized carbons (Fsp3) is 0.419. The van der Waals surface area contributed by atoms with Gasteiger partial charge in [-0.25, -0.2) is 9.59 Å². The number of aryl methyl sites for hydroxylation is 2. The van der Waals surface area contributed by atoms with Gasteiger partial charge in [0.1, 0.15) is 5.69 Å². The maximum absolute atomic E-state index is 13.9. The summed E-state index contributed by atoms with van der Waals surface area (Å²) in [6.45, 7) is 6.36. The number of hydrogen-bond donors (Lipinski definition) is 1. The van der Waals surface area contributed by atoms with Gasteiger partial charge in [0.25, 0.3) is 0 Å². The van der Waals surface area contributed by atoms with Gasteiger partial charge in [-0.3, -0.25) is 28.7 Å². The van der Waals surface area contributed by atoms with Gasteiger partial charge in [-0.2, -0.15) is 0 Å². The number of piperidine rings is 1. The first-order valence-corrected chi connectivity index (χ1v) is 14.3. The Labute approximate surface area is 242 Å². The van der Waals surface area contributed by atoms with Crippen molar-refractivity contribution >= 4 is 28.0 Å². The van der Waals surface area contributed by atoms with Crippen LogP contribution in [0, 0.1) is 5.41 Å². The number of nitrogens with zero attached hydrogens (tertiary/aromatic N) is 8. The van der Waals surface area contributed by atoms with Gasteiger partial charge in [-0.05, 0) is 54.9 Å². The fourth-order valence-electron chi connectivity index (χ4n) is 7.52. The average molecular weight is 567 g/mol. The number of fused-ring (bicyclic) bond motifs is 5. The van der Waals surface area contributed by atoms with Gasteiger partial charge in [0.15, 0.2) is 0 Å². The number of amides is 1. The van der Waals surface area contributed by atoms with E-state index >= 15 is 0 Å². The van der Waals surface area contributed by atoms with Crippen molar-refractivity contribution in [2.24, 2.45) is 19.5 Å². The molecule has 3 unspecified atom stereocenters. The lowest BCUT2D eigenvalue weighted by Crippen LogP contribution is -2.61. The standard InChI is InChI=1S/C31H34N8O3/c1-30(2,3)31-11-10-20(39(31)29(41)42)13-21(14-31)38-27-22-12-18(6-8-23(22)33-16-26(27)37(5)28(38)40)19-7-9-24(32-15-19)25-17-36(4)35-34-25/h6-9,12,15-17,20-21H,10-11,13-14H2,1-5H3,(H,41,42). The summed E-state index contributed by atoms with van der Waals surface area (Å²) in [5.74, 6) is 0. The Hall–Kier alpha value is -4.54. The van der Waals surface area contributed by atoms with Gasteiger partial charge in [-0.15, -0.1) is 5.10 Å². The van der Waals surface area contributed by atoms with E-state index in [4.69, 9.17) is 4.98 Å². The molecule has 11 nitrogen and oxygen atoms in total. The van der Waals surface area contributed by atoms with Gasteiger partial charge >= 0.3 is 11.8 Å². The third-order valence-electron chi connectivity index (χ3n) is 9.68. The predicted molar refractivity (Wildman–Crippen MR) is 159 cm³/mol. The normalized spacial score (nSPS) is 22.4. The fourth-order valence-corrected chi connectivity index (χ4v) is 7.52. The maximum atomic E-state index is 13.9. The van der Waals surface area contributed by atoms with E-state index in [0.29, 0.717) is 18.5 Å². The van der Waals surface area contributed by atoms with Crippen molar-refractivity contribution in [3.8, 4) is 22.5 Å². The van der Waals surface area contributed by atoms with E-state index in [1.807, 2.05) is 48.3 Å². The zero-order valence-electron chi connectivity index (χ0n) is 24.4. The maximum Gasteiger partial charge on any atom is 0.408 e. The van der Waals surface area contributed by atoms with E-state index in [2.05, 4.69) is 42.1 Å². The Balaban J connectivity index is 1.37. The lowest BCUT2D eigenvalue weighted by atomic mass is 9.67. The van der Waals surface area contributed by atoms with Crippen molar-refractivity contribution in [1.29, 1.82) is 0 Å². The summed E-state index contributed by atoms with van der Waals surface area (Å²) in [7, 11) is 3.61. The Bertz CT molecular complexity index is 1930. The highest BCUT2D eigenvalue weighted by atomic mass is 16.4. The van der Waals surface area contributed by atoms with Crippen LogP contribution in [0.1, 0.15) is 52.5 Å². The second-order valence-corrected chi connectivity index (χ2v) is 12.9. The molecule has 1 amide bonds. The Morgan fingerprint density at radius 2 is 1.81 bits per heavy atom. The monoisotopic (exact) mass is 566 g/mol. The number of rotatable bonds is 3. The highest BCUT2D eigenvalue weighted by Gasteiger charge is 2.59. The molecule has 2 bridgehead atoms. The van der Waals surface area contributed by atoms with Gasteiger partial charge in [0, 0.05) is 43.3 Å². The number of pyridine rings is 2. The molecule has 2 aliphatic rings. The topological polar surface area (TPSA) is 124 Å². The van der Waals surface area contributed by atoms with E-state index in [9.17, 15) is 14.7 Å². The summed E-state index contributed by atoms with van der Waals surface area (Å²) in [5.41, 5.74) is 4.82. The van der Waals surface area contributed by atoms with Crippen LogP contribution in [0.25, 0.3) is 44.5 Å². The molecule has 0 radical (unpaired) electrons. The summed E-state index contributed by atoms with van der Waals surface area (Å²) < 4.78 is 5.24. The minimum absolute atomic E-state index is 0.100. The molecule has 2 aliphatic heterocycles. The van der Waals surface area contributed by atoms with E-state index in [1.54, 1.807) is 27.4 Å². The SMILES string of the molecule is Cn1cc(-c2ccc(-c3ccc4ncc5c(c4c3)n(C3CC4CCC(C(C)(C)C)(C3)N4C(=O)O)c(=O)n5C)cn2)nn1. The lowest BCUT2D eigenvalue weighted by Gasteiger charge is -2.53. The Morgan fingerprint density at radius 1 is 1.02 bits per heavy atom. The van der Waals surface area contributed by atoms with Crippen LogP contribution in [0.15, 0.2) is 53.7 Å². The minimum atomic E-state index is -0.866. The Morgan fingerprint density at radius 3 is 2.48 bits per heavy atom. The van der Waals surface area contributed by atoms with Gasteiger partial charge in [0.05, 0.1) is 40.2 Å². The predicted octanol–water partition coefficient (Wildman–Crippen LogP) is 5.01. The van der Waals surface area contributed by atoms with Crippen LogP contribution in [-0.2, 0) is 14.1 Å². The van der Waals surface area contributed by atoms with E-state index in [-0.39, 0.29) is 23.2 Å². The average Bonchev–Trinajstić information content (AvgIpc) is 3.59. The molecule has 2 fully saturated rings. The number of hydrogen-bond acceptors (Lipinski definition) is 6. The zero-order valence-corrected chi connectivity index (χ0v) is 24.4. The third kappa shape index (κ3) is 3.72. The number of imidazole rings is 1. The molecule has 4 aromatic heterocycles. The van der Waals surface area contributed by atoms with Crippen molar-refractivity contribution in [3.63, 3.8) is 0 Å². The molecule has 11 heteroatoms. The van der Waals surface area contributed by atoms with Gasteiger partial charge in [-0.1, -0.05) is 38.1 Å². The quantitative estimate of drug-likeness (QED) is 0.326.